The zero-order chi connectivity index (χ0) is 13.7. The van der Waals surface area contributed by atoms with Gasteiger partial charge in [-0.15, -0.1) is 0 Å². The minimum Gasteiger partial charge on any atom is -0.464 e. The molecule has 0 amide bonds. The molecule has 2 N–H and O–H groups in total. The third-order valence-corrected chi connectivity index (χ3v) is 3.33. The molecule has 1 aliphatic heterocycles. The summed E-state index contributed by atoms with van der Waals surface area (Å²) in [6.07, 6.45) is 1.25. The van der Waals surface area contributed by atoms with E-state index in [2.05, 4.69) is 10.6 Å². The van der Waals surface area contributed by atoms with Crippen molar-refractivity contribution in [1.82, 2.24) is 5.32 Å². The minimum absolute atomic E-state index is 0.263. The lowest BCUT2D eigenvalue weighted by molar-refractivity contribution is -0.149. The molecule has 0 atom stereocenters. The van der Waals surface area contributed by atoms with E-state index in [1.807, 2.05) is 0 Å². The van der Waals surface area contributed by atoms with Crippen molar-refractivity contribution in [2.75, 3.05) is 25.0 Å². The molecule has 0 aromatic heterocycles. The number of hydrogen-bond acceptors (Lipinski definition) is 4. The lowest BCUT2D eigenvalue weighted by atomic mass is 9.88. The molecule has 0 bridgehead atoms. The fourth-order valence-corrected chi connectivity index (χ4v) is 2.35. The van der Waals surface area contributed by atoms with Crippen LogP contribution < -0.4 is 10.6 Å². The summed E-state index contributed by atoms with van der Waals surface area (Å²) < 4.78 is 18.4. The van der Waals surface area contributed by atoms with Crippen LogP contribution in [0.15, 0.2) is 24.3 Å². The lowest BCUT2D eigenvalue weighted by Gasteiger charge is -2.36. The highest BCUT2D eigenvalue weighted by atomic mass is 19.1. The minimum atomic E-state index is -0.755. The molecule has 1 aromatic rings. The van der Waals surface area contributed by atoms with Crippen molar-refractivity contribution in [3.63, 3.8) is 0 Å². The second kappa shape index (κ2) is 6.02. The summed E-state index contributed by atoms with van der Waals surface area (Å²) in [5.74, 6) is -0.585. The first kappa shape index (κ1) is 13.8. The third kappa shape index (κ3) is 3.23. The Hall–Kier alpha value is -1.62. The van der Waals surface area contributed by atoms with Crippen molar-refractivity contribution >= 4 is 11.7 Å². The number of piperidine rings is 1. The topological polar surface area (TPSA) is 50.4 Å². The molecule has 0 saturated carbocycles. The van der Waals surface area contributed by atoms with E-state index in [9.17, 15) is 9.18 Å². The molecule has 1 fully saturated rings. The Balaban J connectivity index is 2.20. The van der Waals surface area contributed by atoms with Gasteiger partial charge in [0.2, 0.25) is 0 Å². The monoisotopic (exact) mass is 266 g/mol. The lowest BCUT2D eigenvalue weighted by Crippen LogP contribution is -2.54. The molecular weight excluding hydrogens is 247 g/mol. The molecule has 19 heavy (non-hydrogen) atoms. The van der Waals surface area contributed by atoms with Gasteiger partial charge in [0.15, 0.2) is 0 Å². The second-order valence-electron chi connectivity index (χ2n) is 4.69. The van der Waals surface area contributed by atoms with E-state index in [1.165, 1.54) is 12.1 Å². The third-order valence-electron chi connectivity index (χ3n) is 3.33. The average Bonchev–Trinajstić information content (AvgIpc) is 2.40. The quantitative estimate of drug-likeness (QED) is 0.818. The first-order valence-corrected chi connectivity index (χ1v) is 6.58. The van der Waals surface area contributed by atoms with Gasteiger partial charge < -0.3 is 15.4 Å². The molecule has 0 aliphatic carbocycles. The standard InChI is InChI=1S/C14H19FN2O2/c1-2-19-13(18)14(6-8-16-9-7-14)17-12-5-3-4-11(15)10-12/h3-5,10,16-17H,2,6-9H2,1H3. The highest BCUT2D eigenvalue weighted by molar-refractivity contribution is 5.84. The van der Waals surface area contributed by atoms with E-state index in [1.54, 1.807) is 19.1 Å². The van der Waals surface area contributed by atoms with Gasteiger partial charge in [0, 0.05) is 5.69 Å². The normalized spacial score (nSPS) is 17.8. The summed E-state index contributed by atoms with van der Waals surface area (Å²) in [4.78, 5) is 12.2. The van der Waals surface area contributed by atoms with E-state index in [4.69, 9.17) is 4.74 Å². The second-order valence-corrected chi connectivity index (χ2v) is 4.69. The molecule has 0 spiro atoms. The number of hydrogen-bond donors (Lipinski definition) is 2. The number of ether oxygens (including phenoxy) is 1. The Morgan fingerprint density at radius 3 is 2.84 bits per heavy atom. The SMILES string of the molecule is CCOC(=O)C1(Nc2cccc(F)c2)CCNCC1. The van der Waals surface area contributed by atoms with E-state index < -0.39 is 5.54 Å². The summed E-state index contributed by atoms with van der Waals surface area (Å²) in [5.41, 5.74) is -0.148. The molecule has 2 rings (SSSR count). The Morgan fingerprint density at radius 1 is 1.47 bits per heavy atom. The summed E-state index contributed by atoms with van der Waals surface area (Å²) in [5, 5.41) is 6.38. The molecule has 1 heterocycles. The molecule has 0 radical (unpaired) electrons. The molecule has 1 aliphatic rings. The van der Waals surface area contributed by atoms with Crippen LogP contribution in [-0.2, 0) is 9.53 Å². The first-order chi connectivity index (χ1) is 9.16. The number of carbonyl (C=O) groups excluding carboxylic acids is 1. The number of rotatable bonds is 4. The number of benzene rings is 1. The predicted molar refractivity (Wildman–Crippen MR) is 71.5 cm³/mol. The summed E-state index contributed by atoms with van der Waals surface area (Å²) >= 11 is 0. The molecule has 0 unspecified atom stereocenters. The van der Waals surface area contributed by atoms with Gasteiger partial charge >= 0.3 is 5.97 Å². The van der Waals surface area contributed by atoms with Gasteiger partial charge in [-0.3, -0.25) is 0 Å². The Morgan fingerprint density at radius 2 is 2.21 bits per heavy atom. The highest BCUT2D eigenvalue weighted by Gasteiger charge is 2.40. The fourth-order valence-electron chi connectivity index (χ4n) is 2.35. The van der Waals surface area contributed by atoms with Crippen molar-refractivity contribution in [2.45, 2.75) is 25.3 Å². The van der Waals surface area contributed by atoms with Crippen LogP contribution in [0.1, 0.15) is 19.8 Å². The van der Waals surface area contributed by atoms with E-state index >= 15 is 0 Å². The number of carbonyl (C=O) groups is 1. The van der Waals surface area contributed by atoms with Crippen LogP contribution in [0.4, 0.5) is 10.1 Å². The van der Waals surface area contributed by atoms with Crippen LogP contribution in [0.2, 0.25) is 0 Å². The Kier molecular flexibility index (Phi) is 4.37. The van der Waals surface area contributed by atoms with Gasteiger partial charge in [0.25, 0.3) is 0 Å². The van der Waals surface area contributed by atoms with Gasteiger partial charge in [-0.1, -0.05) is 6.07 Å². The maximum atomic E-state index is 13.2. The van der Waals surface area contributed by atoms with E-state index in [-0.39, 0.29) is 11.8 Å². The zero-order valence-electron chi connectivity index (χ0n) is 11.0. The number of nitrogens with one attached hydrogen (secondary N) is 2. The van der Waals surface area contributed by atoms with Crippen LogP contribution in [-0.4, -0.2) is 31.2 Å². The number of anilines is 1. The molecule has 4 nitrogen and oxygen atoms in total. The van der Waals surface area contributed by atoms with Crippen molar-refractivity contribution < 1.29 is 13.9 Å². The largest absolute Gasteiger partial charge is 0.464 e. The average molecular weight is 266 g/mol. The maximum Gasteiger partial charge on any atom is 0.331 e. The van der Waals surface area contributed by atoms with E-state index in [0.29, 0.717) is 25.1 Å². The highest BCUT2D eigenvalue weighted by Crippen LogP contribution is 2.26. The Labute approximate surface area is 112 Å². The smallest absolute Gasteiger partial charge is 0.331 e. The van der Waals surface area contributed by atoms with Gasteiger partial charge in [0.05, 0.1) is 6.61 Å². The van der Waals surface area contributed by atoms with Gasteiger partial charge in [-0.25, -0.2) is 9.18 Å². The molecule has 1 aromatic carbocycles. The van der Waals surface area contributed by atoms with Crippen LogP contribution in [0, 0.1) is 5.82 Å². The summed E-state index contributed by atoms with van der Waals surface area (Å²) in [7, 11) is 0. The molecular formula is C14H19FN2O2. The summed E-state index contributed by atoms with van der Waals surface area (Å²) in [6.45, 7) is 3.61. The van der Waals surface area contributed by atoms with Crippen molar-refractivity contribution in [2.24, 2.45) is 0 Å². The van der Waals surface area contributed by atoms with Crippen LogP contribution >= 0.6 is 0 Å². The van der Waals surface area contributed by atoms with Crippen LogP contribution in [0.5, 0.6) is 0 Å². The molecule has 5 heteroatoms. The number of halogens is 1. The fraction of sp³-hybridized carbons (Fsp3) is 0.500. The molecule has 1 saturated heterocycles. The maximum absolute atomic E-state index is 13.2. The summed E-state index contributed by atoms with van der Waals surface area (Å²) in [6, 6.07) is 6.15. The first-order valence-electron chi connectivity index (χ1n) is 6.58. The zero-order valence-corrected chi connectivity index (χ0v) is 11.0. The van der Waals surface area contributed by atoms with Crippen molar-refractivity contribution in [1.29, 1.82) is 0 Å². The van der Waals surface area contributed by atoms with E-state index in [0.717, 1.165) is 13.1 Å². The van der Waals surface area contributed by atoms with Gasteiger partial charge in [0.1, 0.15) is 11.4 Å². The molecule has 104 valence electrons. The van der Waals surface area contributed by atoms with Crippen molar-refractivity contribution in [3.8, 4) is 0 Å². The van der Waals surface area contributed by atoms with Gasteiger partial charge in [-0.2, -0.15) is 0 Å². The predicted octanol–water partition coefficient (Wildman–Crippen LogP) is 1.92. The Bertz CT molecular complexity index is 445. The number of esters is 1. The van der Waals surface area contributed by atoms with Crippen LogP contribution in [0.25, 0.3) is 0 Å². The van der Waals surface area contributed by atoms with Crippen LogP contribution in [0.3, 0.4) is 0 Å². The van der Waals surface area contributed by atoms with Gasteiger partial charge in [-0.05, 0) is 51.1 Å². The van der Waals surface area contributed by atoms with Crippen molar-refractivity contribution in [3.05, 3.63) is 30.1 Å².